The van der Waals surface area contributed by atoms with Crippen molar-refractivity contribution in [1.29, 1.82) is 0 Å². The Morgan fingerprint density at radius 1 is 1.42 bits per heavy atom. The number of hydrogen-bond donors (Lipinski definition) is 2. The number of aromatic nitrogens is 2. The molecule has 6 heteroatoms. The van der Waals surface area contributed by atoms with E-state index in [1.54, 1.807) is 4.90 Å². The molecule has 128 valence electrons. The van der Waals surface area contributed by atoms with Gasteiger partial charge in [0.05, 0.1) is 5.56 Å². The van der Waals surface area contributed by atoms with Gasteiger partial charge >= 0.3 is 0 Å². The van der Waals surface area contributed by atoms with Crippen molar-refractivity contribution < 1.29 is 4.79 Å². The Morgan fingerprint density at radius 2 is 2.17 bits per heavy atom. The lowest BCUT2D eigenvalue weighted by molar-refractivity contribution is 0.0736. The summed E-state index contributed by atoms with van der Waals surface area (Å²) >= 11 is 0. The number of aromatic amines is 1. The molecule has 24 heavy (non-hydrogen) atoms. The largest absolute Gasteiger partial charge is 0.382 e. The number of benzene rings is 1. The molecule has 1 aliphatic rings. The molecule has 3 rings (SSSR count). The van der Waals surface area contributed by atoms with Gasteiger partial charge in [-0.25, -0.2) is 0 Å². The number of nitrogens with one attached hydrogen (secondary N) is 1. The van der Waals surface area contributed by atoms with Gasteiger partial charge in [-0.05, 0) is 37.9 Å². The molecule has 6 nitrogen and oxygen atoms in total. The van der Waals surface area contributed by atoms with Crippen molar-refractivity contribution in [3.05, 3.63) is 36.0 Å². The van der Waals surface area contributed by atoms with Crippen molar-refractivity contribution >= 4 is 11.7 Å². The number of nitrogens with zero attached hydrogens (tertiary/aromatic N) is 3. The predicted molar refractivity (Wildman–Crippen MR) is 95.6 cm³/mol. The molecular weight excluding hydrogens is 302 g/mol. The number of amides is 1. The minimum absolute atomic E-state index is 0.0636. The maximum absolute atomic E-state index is 12.9. The molecule has 1 amide bonds. The fourth-order valence-corrected chi connectivity index (χ4v) is 3.49. The molecular formula is C18H25N5O. The second-order valence-electron chi connectivity index (χ2n) is 6.68. The molecule has 0 aliphatic carbocycles. The number of anilines is 1. The van der Waals surface area contributed by atoms with E-state index in [0.29, 0.717) is 23.0 Å². The van der Waals surface area contributed by atoms with Crippen LogP contribution in [0.25, 0.3) is 11.1 Å². The van der Waals surface area contributed by atoms with Gasteiger partial charge < -0.3 is 15.5 Å². The van der Waals surface area contributed by atoms with Crippen molar-refractivity contribution in [2.45, 2.75) is 12.8 Å². The molecule has 1 atom stereocenters. The Bertz CT molecular complexity index is 697. The van der Waals surface area contributed by atoms with Gasteiger partial charge in [0.25, 0.3) is 5.91 Å². The number of nitrogen functional groups attached to an aromatic ring is 1. The number of nitrogens with two attached hydrogens (primary N) is 1. The summed E-state index contributed by atoms with van der Waals surface area (Å²) < 4.78 is 0. The summed E-state index contributed by atoms with van der Waals surface area (Å²) in [6, 6.07) is 9.67. The summed E-state index contributed by atoms with van der Waals surface area (Å²) in [6.07, 6.45) is 2.36. The fraction of sp³-hybridized carbons (Fsp3) is 0.444. The third kappa shape index (κ3) is 3.43. The first-order valence-corrected chi connectivity index (χ1v) is 8.39. The molecule has 0 spiro atoms. The molecule has 0 radical (unpaired) electrons. The van der Waals surface area contributed by atoms with Gasteiger partial charge in [-0.1, -0.05) is 30.3 Å². The third-order valence-corrected chi connectivity index (χ3v) is 4.67. The molecule has 0 saturated carbocycles. The zero-order valence-electron chi connectivity index (χ0n) is 14.3. The minimum atomic E-state index is -0.0636. The molecule has 3 N–H and O–H groups in total. The Labute approximate surface area is 142 Å². The van der Waals surface area contributed by atoms with E-state index in [0.717, 1.165) is 25.2 Å². The van der Waals surface area contributed by atoms with Crippen LogP contribution in [-0.4, -0.2) is 59.6 Å². The van der Waals surface area contributed by atoms with Crippen LogP contribution in [0.4, 0.5) is 5.82 Å². The standard InChI is InChI=1S/C18H25N5O/c1-22-10-6-7-13(11-22)12-23(2)18(24)16-15(17(19)21-20-16)14-8-4-3-5-9-14/h3-5,8-9,13H,6-7,10-12H2,1-2H3,(H3,19,20,21). The Balaban J connectivity index is 1.78. The van der Waals surface area contributed by atoms with E-state index < -0.39 is 0 Å². The predicted octanol–water partition coefficient (Wildman–Crippen LogP) is 2.07. The van der Waals surface area contributed by atoms with Crippen molar-refractivity contribution in [2.75, 3.05) is 39.5 Å². The quantitative estimate of drug-likeness (QED) is 0.901. The molecule has 2 aromatic rings. The van der Waals surface area contributed by atoms with Gasteiger partial charge in [-0.2, -0.15) is 5.10 Å². The molecule has 1 aromatic carbocycles. The normalized spacial score (nSPS) is 18.5. The second-order valence-corrected chi connectivity index (χ2v) is 6.68. The summed E-state index contributed by atoms with van der Waals surface area (Å²) in [7, 11) is 3.99. The van der Waals surface area contributed by atoms with Crippen LogP contribution in [0.5, 0.6) is 0 Å². The van der Waals surface area contributed by atoms with Gasteiger partial charge in [-0.15, -0.1) is 0 Å². The highest BCUT2D eigenvalue weighted by Crippen LogP contribution is 2.28. The van der Waals surface area contributed by atoms with Crippen LogP contribution in [0.1, 0.15) is 23.3 Å². The summed E-state index contributed by atoms with van der Waals surface area (Å²) in [6.45, 7) is 2.92. The minimum Gasteiger partial charge on any atom is -0.382 e. The lowest BCUT2D eigenvalue weighted by Crippen LogP contribution is -2.40. The molecule has 1 unspecified atom stereocenters. The van der Waals surface area contributed by atoms with Crippen LogP contribution < -0.4 is 5.73 Å². The average molecular weight is 327 g/mol. The Hall–Kier alpha value is -2.34. The smallest absolute Gasteiger partial charge is 0.272 e. The van der Waals surface area contributed by atoms with Gasteiger partial charge in [0.15, 0.2) is 5.82 Å². The van der Waals surface area contributed by atoms with Crippen molar-refractivity contribution in [3.63, 3.8) is 0 Å². The van der Waals surface area contributed by atoms with E-state index in [1.165, 1.54) is 12.8 Å². The highest BCUT2D eigenvalue weighted by atomic mass is 16.2. The monoisotopic (exact) mass is 327 g/mol. The van der Waals surface area contributed by atoms with Gasteiger partial charge in [0.1, 0.15) is 5.69 Å². The lowest BCUT2D eigenvalue weighted by atomic mass is 9.97. The summed E-state index contributed by atoms with van der Waals surface area (Å²) in [5.41, 5.74) is 8.05. The van der Waals surface area contributed by atoms with Crippen LogP contribution in [0.15, 0.2) is 30.3 Å². The first kappa shape index (κ1) is 16.5. The highest BCUT2D eigenvalue weighted by Gasteiger charge is 2.25. The second kappa shape index (κ2) is 7.05. The number of carbonyl (C=O) groups excluding carboxylic acids is 1. The van der Waals surface area contributed by atoms with E-state index in [9.17, 15) is 4.79 Å². The number of H-pyrrole nitrogens is 1. The van der Waals surface area contributed by atoms with Gasteiger partial charge in [-0.3, -0.25) is 9.89 Å². The van der Waals surface area contributed by atoms with Gasteiger partial charge in [0, 0.05) is 20.1 Å². The first-order valence-electron chi connectivity index (χ1n) is 8.39. The molecule has 1 aliphatic heterocycles. The zero-order valence-corrected chi connectivity index (χ0v) is 14.3. The molecule has 1 fully saturated rings. The maximum Gasteiger partial charge on any atom is 0.272 e. The zero-order chi connectivity index (χ0) is 17.1. The van der Waals surface area contributed by atoms with Crippen molar-refractivity contribution in [3.8, 4) is 11.1 Å². The topological polar surface area (TPSA) is 78.2 Å². The third-order valence-electron chi connectivity index (χ3n) is 4.67. The van der Waals surface area contributed by atoms with Crippen LogP contribution in [0, 0.1) is 5.92 Å². The van der Waals surface area contributed by atoms with E-state index in [-0.39, 0.29) is 5.91 Å². The molecule has 1 aromatic heterocycles. The van der Waals surface area contributed by atoms with Crippen LogP contribution >= 0.6 is 0 Å². The Morgan fingerprint density at radius 3 is 2.88 bits per heavy atom. The van der Waals surface area contributed by atoms with Crippen molar-refractivity contribution in [1.82, 2.24) is 20.0 Å². The van der Waals surface area contributed by atoms with E-state index in [2.05, 4.69) is 22.1 Å². The van der Waals surface area contributed by atoms with E-state index >= 15 is 0 Å². The van der Waals surface area contributed by atoms with Gasteiger partial charge in [0.2, 0.25) is 0 Å². The summed E-state index contributed by atoms with van der Waals surface area (Å²) in [5, 5.41) is 6.87. The van der Waals surface area contributed by atoms with Crippen molar-refractivity contribution in [2.24, 2.45) is 5.92 Å². The SMILES string of the molecule is CN1CCCC(CN(C)C(=O)c2[nH]nc(N)c2-c2ccccc2)C1. The average Bonchev–Trinajstić information content (AvgIpc) is 2.96. The maximum atomic E-state index is 12.9. The number of piperidine rings is 1. The van der Waals surface area contributed by atoms with Crippen LogP contribution in [0.3, 0.4) is 0 Å². The Kier molecular flexibility index (Phi) is 4.85. The van der Waals surface area contributed by atoms with Crippen LogP contribution in [-0.2, 0) is 0 Å². The number of carbonyl (C=O) groups is 1. The molecule has 1 saturated heterocycles. The van der Waals surface area contributed by atoms with E-state index in [1.807, 2.05) is 37.4 Å². The van der Waals surface area contributed by atoms with Crippen LogP contribution in [0.2, 0.25) is 0 Å². The molecule has 2 heterocycles. The fourth-order valence-electron chi connectivity index (χ4n) is 3.49. The van der Waals surface area contributed by atoms with E-state index in [4.69, 9.17) is 5.73 Å². The molecule has 0 bridgehead atoms. The summed E-state index contributed by atoms with van der Waals surface area (Å²) in [5.74, 6) is 0.805. The number of hydrogen-bond acceptors (Lipinski definition) is 4. The number of likely N-dealkylation sites (tertiary alicyclic amines) is 1. The first-order chi connectivity index (χ1) is 11.6. The summed E-state index contributed by atoms with van der Waals surface area (Å²) in [4.78, 5) is 17.0. The highest BCUT2D eigenvalue weighted by molar-refractivity contribution is 6.01. The lowest BCUT2D eigenvalue weighted by Gasteiger charge is -2.32. The number of rotatable bonds is 4.